The summed E-state index contributed by atoms with van der Waals surface area (Å²) in [6, 6.07) is 8.09. The maximum absolute atomic E-state index is 12.7. The molecule has 0 radical (unpaired) electrons. The Kier molecular flexibility index (Phi) is 3.14. The highest BCUT2D eigenvalue weighted by atomic mass is 79.9. The molecule has 0 aliphatic heterocycles. The maximum atomic E-state index is 12.7. The third-order valence-electron chi connectivity index (χ3n) is 1.36. The zero-order valence-electron chi connectivity index (χ0n) is 6.48. The zero-order chi connectivity index (χ0) is 9.90. The summed E-state index contributed by atoms with van der Waals surface area (Å²) >= 11 is 1.92. The molecule has 0 spiro atoms. The van der Waals surface area contributed by atoms with Crippen molar-refractivity contribution in [1.82, 2.24) is 0 Å². The first-order valence-electron chi connectivity index (χ1n) is 3.49. The fourth-order valence-corrected chi connectivity index (χ4v) is 0.892. The van der Waals surface area contributed by atoms with Crippen molar-refractivity contribution in [2.75, 3.05) is 0 Å². The molecule has 0 bridgehead atoms. The average Bonchev–Trinajstić information content (AvgIpc) is 2.04. The summed E-state index contributed by atoms with van der Waals surface area (Å²) in [6.45, 7) is 0. The Hall–Kier alpha value is -0.770. The lowest BCUT2D eigenvalue weighted by atomic mass is 10.2. The largest absolute Gasteiger partial charge is 0.352 e. The van der Waals surface area contributed by atoms with Gasteiger partial charge in [-0.15, -0.1) is 0 Å². The number of alkyl halides is 3. The Bertz CT molecular complexity index is 300. The highest BCUT2D eigenvalue weighted by Gasteiger charge is 2.30. The molecule has 0 N–H and O–H groups in total. The highest BCUT2D eigenvalue weighted by molar-refractivity contribution is 9.10. The Labute approximate surface area is 82.2 Å². The summed E-state index contributed by atoms with van der Waals surface area (Å²) in [5.41, 5.74) is 0.402. The fraction of sp³-hybridized carbons (Fsp3) is 0.111. The van der Waals surface area contributed by atoms with Gasteiger partial charge in [-0.05, 0) is 27.6 Å². The summed E-state index contributed by atoms with van der Waals surface area (Å²) in [5, 5.41) is 0. The van der Waals surface area contributed by atoms with Gasteiger partial charge in [-0.2, -0.15) is 8.78 Å². The van der Waals surface area contributed by atoms with Crippen LogP contribution in [0.4, 0.5) is 13.2 Å². The lowest BCUT2D eigenvalue weighted by molar-refractivity contribution is 0.129. The minimum atomic E-state index is -3.58. The Balaban J connectivity index is 2.90. The standard InChI is InChI=1S/C9H6BrF3/c10-9(12,13)8(11)6-7-4-2-1-3-5-7/h1-6H/b8-6-. The minimum absolute atomic E-state index is 0.402. The molecule has 0 aliphatic carbocycles. The number of allylic oxidation sites excluding steroid dienone is 1. The number of hydrogen-bond donors (Lipinski definition) is 0. The van der Waals surface area contributed by atoms with E-state index in [1.165, 1.54) is 0 Å². The van der Waals surface area contributed by atoms with Crippen molar-refractivity contribution in [3.05, 3.63) is 41.7 Å². The maximum Gasteiger partial charge on any atom is 0.352 e. The lowest BCUT2D eigenvalue weighted by Crippen LogP contribution is -2.04. The topological polar surface area (TPSA) is 0 Å². The van der Waals surface area contributed by atoms with E-state index in [2.05, 4.69) is 0 Å². The molecule has 1 aromatic carbocycles. The van der Waals surface area contributed by atoms with E-state index in [1.807, 2.05) is 15.9 Å². The van der Waals surface area contributed by atoms with Gasteiger partial charge in [-0.25, -0.2) is 4.39 Å². The molecule has 4 heteroatoms. The predicted octanol–water partition coefficient (Wildman–Crippen LogP) is 3.98. The molecule has 0 atom stereocenters. The van der Waals surface area contributed by atoms with E-state index < -0.39 is 10.7 Å². The van der Waals surface area contributed by atoms with Gasteiger partial charge < -0.3 is 0 Å². The molecule has 0 unspecified atom stereocenters. The first-order chi connectivity index (χ1) is 6.00. The minimum Gasteiger partial charge on any atom is -0.204 e. The van der Waals surface area contributed by atoms with Crippen molar-refractivity contribution in [2.45, 2.75) is 4.83 Å². The van der Waals surface area contributed by atoms with Crippen LogP contribution in [0.1, 0.15) is 5.56 Å². The van der Waals surface area contributed by atoms with Crippen molar-refractivity contribution in [3.8, 4) is 0 Å². The smallest absolute Gasteiger partial charge is 0.204 e. The second kappa shape index (κ2) is 3.96. The molecule has 0 saturated heterocycles. The van der Waals surface area contributed by atoms with E-state index >= 15 is 0 Å². The van der Waals surface area contributed by atoms with E-state index in [1.54, 1.807) is 30.3 Å². The van der Waals surface area contributed by atoms with E-state index in [9.17, 15) is 13.2 Å². The molecule has 0 amide bonds. The van der Waals surface area contributed by atoms with Crippen LogP contribution in [0.5, 0.6) is 0 Å². The van der Waals surface area contributed by atoms with Gasteiger partial charge in [-0.3, -0.25) is 0 Å². The van der Waals surface area contributed by atoms with Gasteiger partial charge in [0, 0.05) is 0 Å². The van der Waals surface area contributed by atoms with Crippen LogP contribution in [0.2, 0.25) is 0 Å². The average molecular weight is 251 g/mol. The Morgan fingerprint density at radius 2 is 1.77 bits per heavy atom. The first-order valence-corrected chi connectivity index (χ1v) is 4.29. The van der Waals surface area contributed by atoms with Crippen LogP contribution in [0.15, 0.2) is 36.2 Å². The summed E-state index contributed by atoms with van der Waals surface area (Å²) in [6.07, 6.45) is 0.786. The molecule has 13 heavy (non-hydrogen) atoms. The van der Waals surface area contributed by atoms with Crippen LogP contribution >= 0.6 is 15.9 Å². The summed E-state index contributed by atoms with van der Waals surface area (Å²) in [5.74, 6) is -1.50. The first kappa shape index (κ1) is 10.3. The number of hydrogen-bond acceptors (Lipinski definition) is 0. The highest BCUT2D eigenvalue weighted by Crippen LogP contribution is 2.32. The lowest BCUT2D eigenvalue weighted by Gasteiger charge is -2.04. The second-order valence-corrected chi connectivity index (χ2v) is 3.40. The van der Waals surface area contributed by atoms with E-state index in [-0.39, 0.29) is 0 Å². The Morgan fingerprint density at radius 3 is 2.23 bits per heavy atom. The van der Waals surface area contributed by atoms with Crippen molar-refractivity contribution >= 4 is 22.0 Å². The van der Waals surface area contributed by atoms with Crippen LogP contribution < -0.4 is 0 Å². The molecule has 0 aromatic heterocycles. The van der Waals surface area contributed by atoms with Gasteiger partial charge in [0.2, 0.25) is 0 Å². The summed E-state index contributed by atoms with van der Waals surface area (Å²) < 4.78 is 37.2. The number of halogens is 4. The van der Waals surface area contributed by atoms with E-state index in [4.69, 9.17) is 0 Å². The second-order valence-electron chi connectivity index (χ2n) is 2.40. The van der Waals surface area contributed by atoms with Crippen LogP contribution in [0.3, 0.4) is 0 Å². The van der Waals surface area contributed by atoms with E-state index in [0.717, 1.165) is 6.08 Å². The molecular formula is C9H6BrF3. The summed E-state index contributed by atoms with van der Waals surface area (Å²) in [7, 11) is 0. The SMILES string of the molecule is F/C(=C\c1ccccc1)C(F)(F)Br. The van der Waals surface area contributed by atoms with Crippen molar-refractivity contribution in [3.63, 3.8) is 0 Å². The van der Waals surface area contributed by atoms with Crippen molar-refractivity contribution < 1.29 is 13.2 Å². The van der Waals surface area contributed by atoms with Crippen LogP contribution in [0, 0.1) is 0 Å². The molecule has 0 fully saturated rings. The monoisotopic (exact) mass is 250 g/mol. The molecule has 0 aliphatic rings. The molecule has 70 valence electrons. The van der Waals surface area contributed by atoms with Crippen molar-refractivity contribution in [2.24, 2.45) is 0 Å². The van der Waals surface area contributed by atoms with Gasteiger partial charge in [0.25, 0.3) is 0 Å². The van der Waals surface area contributed by atoms with Crippen LogP contribution in [-0.4, -0.2) is 4.83 Å². The predicted molar refractivity (Wildman–Crippen MR) is 49.4 cm³/mol. The zero-order valence-corrected chi connectivity index (χ0v) is 8.06. The van der Waals surface area contributed by atoms with Gasteiger partial charge in [0.05, 0.1) is 0 Å². The van der Waals surface area contributed by atoms with Gasteiger partial charge >= 0.3 is 4.83 Å². The quantitative estimate of drug-likeness (QED) is 0.697. The van der Waals surface area contributed by atoms with Crippen LogP contribution in [-0.2, 0) is 0 Å². The van der Waals surface area contributed by atoms with Gasteiger partial charge in [0.1, 0.15) is 0 Å². The fourth-order valence-electron chi connectivity index (χ4n) is 0.777. The number of rotatable bonds is 2. The molecule has 0 nitrogen and oxygen atoms in total. The van der Waals surface area contributed by atoms with E-state index in [0.29, 0.717) is 5.56 Å². The molecule has 0 heterocycles. The molecular weight excluding hydrogens is 245 g/mol. The van der Waals surface area contributed by atoms with Crippen LogP contribution in [0.25, 0.3) is 6.08 Å². The third-order valence-corrected chi connectivity index (χ3v) is 1.74. The number of benzene rings is 1. The van der Waals surface area contributed by atoms with Gasteiger partial charge in [-0.1, -0.05) is 30.3 Å². The third kappa shape index (κ3) is 3.22. The summed E-state index contributed by atoms with van der Waals surface area (Å²) in [4.78, 5) is -3.58. The molecule has 0 saturated carbocycles. The molecule has 1 aromatic rings. The Morgan fingerprint density at radius 1 is 1.23 bits per heavy atom. The molecule has 1 rings (SSSR count). The van der Waals surface area contributed by atoms with Crippen molar-refractivity contribution in [1.29, 1.82) is 0 Å². The van der Waals surface area contributed by atoms with Gasteiger partial charge in [0.15, 0.2) is 5.83 Å². The normalized spacial score (nSPS) is 13.1.